The van der Waals surface area contributed by atoms with Gasteiger partial charge in [0.15, 0.2) is 0 Å². The molecule has 2 amide bonds. The van der Waals surface area contributed by atoms with Crippen molar-refractivity contribution < 1.29 is 9.59 Å². The molecule has 7 heteroatoms. The van der Waals surface area contributed by atoms with Crippen LogP contribution in [0.15, 0.2) is 77.7 Å². The summed E-state index contributed by atoms with van der Waals surface area (Å²) in [6.07, 6.45) is 1.82. The fourth-order valence-corrected chi connectivity index (χ4v) is 5.27. The van der Waals surface area contributed by atoms with E-state index in [9.17, 15) is 14.9 Å². The van der Waals surface area contributed by atoms with Crippen LogP contribution in [0.4, 0.5) is 4.79 Å². The minimum Gasteiger partial charge on any atom is -0.340 e. The zero-order valence-corrected chi connectivity index (χ0v) is 20.4. The molecule has 35 heavy (non-hydrogen) atoms. The third-order valence-electron chi connectivity index (χ3n) is 6.15. The van der Waals surface area contributed by atoms with Crippen LogP contribution in [0.3, 0.4) is 0 Å². The van der Waals surface area contributed by atoms with Crippen molar-refractivity contribution >= 4 is 51.5 Å². The number of benzene rings is 3. The van der Waals surface area contributed by atoms with Crippen LogP contribution in [0.5, 0.6) is 0 Å². The molecule has 5 nitrogen and oxygen atoms in total. The van der Waals surface area contributed by atoms with E-state index in [2.05, 4.69) is 10.6 Å². The minimum atomic E-state index is -0.305. The van der Waals surface area contributed by atoms with Gasteiger partial charge in [-0.25, -0.2) is 0 Å². The average molecular weight is 498 g/mol. The predicted molar refractivity (Wildman–Crippen MR) is 140 cm³/mol. The van der Waals surface area contributed by atoms with Crippen molar-refractivity contribution in [3.63, 3.8) is 0 Å². The summed E-state index contributed by atoms with van der Waals surface area (Å²) in [5, 5.41) is 10.8. The van der Waals surface area contributed by atoms with E-state index in [1.165, 1.54) is 4.90 Å². The number of carbonyl (C=O) groups is 2. The topological polar surface area (TPSA) is 66.1 Å². The van der Waals surface area contributed by atoms with E-state index in [1.807, 2.05) is 73.7 Å². The minimum absolute atomic E-state index is 0.199. The zero-order valence-electron chi connectivity index (χ0n) is 18.9. The molecule has 0 spiro atoms. The molecule has 1 fully saturated rings. The lowest BCUT2D eigenvalue weighted by atomic mass is 10.1. The second-order valence-corrected chi connectivity index (χ2v) is 9.70. The number of hydrogen-bond donors (Lipinski definition) is 0. The van der Waals surface area contributed by atoms with E-state index < -0.39 is 0 Å². The Balaban J connectivity index is 1.52. The Morgan fingerprint density at radius 3 is 2.46 bits per heavy atom. The van der Waals surface area contributed by atoms with Crippen LogP contribution < -0.4 is 0 Å². The fourth-order valence-electron chi connectivity index (χ4n) is 4.32. The van der Waals surface area contributed by atoms with Crippen LogP contribution in [-0.2, 0) is 17.9 Å². The van der Waals surface area contributed by atoms with E-state index in [-0.39, 0.29) is 17.7 Å². The Morgan fingerprint density at radius 2 is 1.69 bits per heavy atom. The van der Waals surface area contributed by atoms with Gasteiger partial charge in [0, 0.05) is 33.7 Å². The largest absolute Gasteiger partial charge is 0.340 e. The van der Waals surface area contributed by atoms with Crippen molar-refractivity contribution in [3.05, 3.63) is 111 Å². The van der Waals surface area contributed by atoms with Gasteiger partial charge in [0.2, 0.25) is 0 Å². The first-order valence-corrected chi connectivity index (χ1v) is 12.2. The lowest BCUT2D eigenvalue weighted by Gasteiger charge is -2.12. The van der Waals surface area contributed by atoms with Gasteiger partial charge in [-0.3, -0.25) is 14.5 Å². The highest BCUT2D eigenvalue weighted by atomic mass is 35.5. The number of nitrogens with zero attached hydrogens (tertiary/aromatic N) is 3. The number of imide groups is 1. The summed E-state index contributed by atoms with van der Waals surface area (Å²) in [6.45, 7) is 2.73. The van der Waals surface area contributed by atoms with Gasteiger partial charge in [0.25, 0.3) is 11.1 Å². The summed E-state index contributed by atoms with van der Waals surface area (Å²) in [5.41, 5.74) is 5.25. The Bertz CT molecular complexity index is 1550. The van der Waals surface area contributed by atoms with E-state index >= 15 is 0 Å². The van der Waals surface area contributed by atoms with Gasteiger partial charge in [0.1, 0.15) is 0 Å². The van der Waals surface area contributed by atoms with Gasteiger partial charge in [-0.15, -0.1) is 0 Å². The van der Waals surface area contributed by atoms with Crippen LogP contribution in [0, 0.1) is 18.3 Å². The maximum atomic E-state index is 13.2. The molecule has 172 valence electrons. The number of hydrogen-bond acceptors (Lipinski definition) is 4. The third kappa shape index (κ3) is 4.37. The lowest BCUT2D eigenvalue weighted by molar-refractivity contribution is -0.123. The van der Waals surface area contributed by atoms with E-state index in [0.29, 0.717) is 22.0 Å². The summed E-state index contributed by atoms with van der Waals surface area (Å²) in [4.78, 5) is 27.5. The molecular formula is C28H20ClN3O2S. The number of para-hydroxylation sites is 1. The standard InChI is InChI=1S/C28H20ClN3O2S/c1-18-24(14-26-27(33)32(28(34)35-26)16-19-10-12-22(29)13-11-19)23-8-4-5-9-25(23)31(18)17-21-7-3-2-6-20(21)15-30/h2-14H,16-17H2,1H3/b26-14-. The summed E-state index contributed by atoms with van der Waals surface area (Å²) in [5.74, 6) is -0.305. The molecule has 0 bridgehead atoms. The molecule has 0 N–H and O–H groups in total. The SMILES string of the molecule is Cc1c(/C=C2\SC(=O)N(Cc3ccc(Cl)cc3)C2=O)c2ccccc2n1Cc1ccccc1C#N. The molecule has 1 aliphatic heterocycles. The van der Waals surface area contributed by atoms with E-state index in [4.69, 9.17) is 11.6 Å². The Labute approximate surface area is 212 Å². The quantitative estimate of drug-likeness (QED) is 0.286. The van der Waals surface area contributed by atoms with Crippen molar-refractivity contribution in [2.24, 2.45) is 0 Å². The molecule has 5 rings (SSSR count). The van der Waals surface area contributed by atoms with Gasteiger partial charge >= 0.3 is 0 Å². The first-order valence-electron chi connectivity index (χ1n) is 11.0. The Morgan fingerprint density at radius 1 is 0.971 bits per heavy atom. The average Bonchev–Trinajstić information content (AvgIpc) is 3.29. The molecule has 0 atom stereocenters. The van der Waals surface area contributed by atoms with Crippen molar-refractivity contribution in [2.45, 2.75) is 20.0 Å². The Hall–Kier alpha value is -3.79. The molecule has 0 radical (unpaired) electrons. The van der Waals surface area contributed by atoms with Crippen molar-refractivity contribution in [2.75, 3.05) is 0 Å². The van der Waals surface area contributed by atoms with Gasteiger partial charge in [-0.1, -0.05) is 60.1 Å². The highest BCUT2D eigenvalue weighted by Gasteiger charge is 2.35. The van der Waals surface area contributed by atoms with Crippen LogP contribution >= 0.6 is 23.4 Å². The maximum absolute atomic E-state index is 13.2. The molecule has 1 aromatic heterocycles. The number of thioether (sulfide) groups is 1. The monoisotopic (exact) mass is 497 g/mol. The second kappa shape index (κ2) is 9.46. The van der Waals surface area contributed by atoms with Gasteiger partial charge in [0.05, 0.1) is 23.1 Å². The third-order valence-corrected chi connectivity index (χ3v) is 7.31. The normalized spacial score (nSPS) is 14.8. The number of rotatable bonds is 5. The maximum Gasteiger partial charge on any atom is 0.293 e. The molecule has 0 unspecified atom stereocenters. The highest BCUT2D eigenvalue weighted by molar-refractivity contribution is 8.18. The van der Waals surface area contributed by atoms with Gasteiger partial charge in [-0.2, -0.15) is 5.26 Å². The van der Waals surface area contributed by atoms with E-state index in [0.717, 1.165) is 45.0 Å². The fraction of sp³-hybridized carbons (Fsp3) is 0.107. The van der Waals surface area contributed by atoms with Crippen molar-refractivity contribution in [1.29, 1.82) is 5.26 Å². The van der Waals surface area contributed by atoms with Crippen LogP contribution in [-0.4, -0.2) is 20.6 Å². The first-order chi connectivity index (χ1) is 17.0. The molecule has 0 aliphatic carbocycles. The van der Waals surface area contributed by atoms with Crippen molar-refractivity contribution in [1.82, 2.24) is 9.47 Å². The molecule has 4 aromatic rings. The molecule has 2 heterocycles. The zero-order chi connectivity index (χ0) is 24.5. The number of amides is 2. The van der Waals surface area contributed by atoms with E-state index in [1.54, 1.807) is 12.1 Å². The Kier molecular flexibility index (Phi) is 6.21. The van der Waals surface area contributed by atoms with Crippen LogP contribution in [0.25, 0.3) is 17.0 Å². The summed E-state index contributed by atoms with van der Waals surface area (Å²) in [7, 11) is 0. The molecule has 1 saturated heterocycles. The van der Waals surface area contributed by atoms with Gasteiger partial charge in [-0.05, 0) is 60.2 Å². The highest BCUT2D eigenvalue weighted by Crippen LogP contribution is 2.36. The second-order valence-electron chi connectivity index (χ2n) is 8.27. The summed E-state index contributed by atoms with van der Waals surface area (Å²) in [6, 6.07) is 24.9. The number of fused-ring (bicyclic) bond motifs is 1. The smallest absolute Gasteiger partial charge is 0.293 e. The number of nitriles is 1. The summed E-state index contributed by atoms with van der Waals surface area (Å²) < 4.78 is 2.15. The molecule has 1 aliphatic rings. The van der Waals surface area contributed by atoms with Crippen LogP contribution in [0.2, 0.25) is 5.02 Å². The summed E-state index contributed by atoms with van der Waals surface area (Å²) >= 11 is 6.91. The molecular weight excluding hydrogens is 478 g/mol. The molecule has 0 saturated carbocycles. The first kappa shape index (κ1) is 23.0. The molecule has 3 aromatic carbocycles. The number of aromatic nitrogens is 1. The number of carbonyl (C=O) groups excluding carboxylic acids is 2. The van der Waals surface area contributed by atoms with Crippen LogP contribution in [0.1, 0.15) is 27.9 Å². The number of halogens is 1. The van der Waals surface area contributed by atoms with Crippen molar-refractivity contribution in [3.8, 4) is 6.07 Å². The van der Waals surface area contributed by atoms with Gasteiger partial charge < -0.3 is 4.57 Å². The predicted octanol–water partition coefficient (Wildman–Crippen LogP) is 6.76. The lowest BCUT2D eigenvalue weighted by Crippen LogP contribution is -2.27.